The van der Waals surface area contributed by atoms with Crippen molar-refractivity contribution in [3.63, 3.8) is 0 Å². The molecule has 1 atom stereocenters. The largest absolute Gasteiger partial charge is 0.465 e. The molecular formula is C27H55NO3. The van der Waals surface area contributed by atoms with Crippen LogP contribution in [-0.4, -0.2) is 48.8 Å². The van der Waals surface area contributed by atoms with E-state index in [1.54, 1.807) is 0 Å². The van der Waals surface area contributed by atoms with Gasteiger partial charge in [0.05, 0.1) is 19.1 Å². The molecule has 0 amide bonds. The highest BCUT2D eigenvalue weighted by molar-refractivity contribution is 5.71. The number of carbonyl (C=O) groups excluding carboxylic acids is 1. The smallest absolute Gasteiger partial charge is 0.308 e. The highest BCUT2D eigenvalue weighted by Gasteiger charge is 2.13. The number of carbonyl (C=O) groups is 1. The third-order valence-electron chi connectivity index (χ3n) is 6.25. The Labute approximate surface area is 194 Å². The number of hydrogen-bond donors (Lipinski definition) is 1. The van der Waals surface area contributed by atoms with Gasteiger partial charge in [-0.1, -0.05) is 104 Å². The van der Waals surface area contributed by atoms with Crippen LogP contribution in [0.2, 0.25) is 0 Å². The number of aliphatic hydroxyl groups is 1. The Morgan fingerprint density at radius 1 is 0.710 bits per heavy atom. The van der Waals surface area contributed by atoms with E-state index >= 15 is 0 Å². The predicted molar refractivity (Wildman–Crippen MR) is 133 cm³/mol. The SMILES string of the molecule is CCCCCCCCCOC(=O)C(C)CCCCCCN(CCO)CCCCCCC. The van der Waals surface area contributed by atoms with Gasteiger partial charge < -0.3 is 14.7 Å². The topological polar surface area (TPSA) is 49.8 Å². The summed E-state index contributed by atoms with van der Waals surface area (Å²) in [6, 6.07) is 0. The van der Waals surface area contributed by atoms with Crippen molar-refractivity contribution in [1.82, 2.24) is 4.90 Å². The highest BCUT2D eigenvalue weighted by atomic mass is 16.5. The lowest BCUT2D eigenvalue weighted by molar-refractivity contribution is -0.148. The zero-order valence-corrected chi connectivity index (χ0v) is 21.3. The Kier molecular flexibility index (Phi) is 23.6. The molecule has 4 heteroatoms. The Morgan fingerprint density at radius 2 is 1.19 bits per heavy atom. The van der Waals surface area contributed by atoms with Crippen LogP contribution >= 0.6 is 0 Å². The summed E-state index contributed by atoms with van der Waals surface area (Å²) in [4.78, 5) is 14.5. The summed E-state index contributed by atoms with van der Waals surface area (Å²) in [7, 11) is 0. The van der Waals surface area contributed by atoms with Crippen molar-refractivity contribution in [2.24, 2.45) is 5.92 Å². The number of hydrogen-bond acceptors (Lipinski definition) is 4. The molecule has 0 aliphatic rings. The molecule has 4 nitrogen and oxygen atoms in total. The molecule has 0 spiro atoms. The van der Waals surface area contributed by atoms with E-state index in [0.29, 0.717) is 6.61 Å². The predicted octanol–water partition coefficient (Wildman–Crippen LogP) is 7.13. The standard InChI is InChI=1S/C27H55NO3/c1-4-6-8-10-11-15-19-25-31-27(30)26(3)20-16-12-14-18-22-28(23-24-29)21-17-13-9-7-5-2/h26,29H,4-25H2,1-3H3. The lowest BCUT2D eigenvalue weighted by atomic mass is 10.0. The van der Waals surface area contributed by atoms with E-state index in [9.17, 15) is 9.90 Å². The molecule has 0 saturated carbocycles. The Balaban J connectivity index is 3.62. The average molecular weight is 442 g/mol. The third kappa shape index (κ3) is 21.0. The summed E-state index contributed by atoms with van der Waals surface area (Å²) in [5.74, 6) is 0.0155. The molecule has 0 aromatic heterocycles. The second kappa shape index (κ2) is 24.0. The van der Waals surface area contributed by atoms with Crippen LogP contribution in [0.4, 0.5) is 0 Å². The number of aliphatic hydroxyl groups excluding tert-OH is 1. The van der Waals surface area contributed by atoms with Crippen LogP contribution in [0.25, 0.3) is 0 Å². The fourth-order valence-electron chi connectivity index (χ4n) is 4.05. The maximum atomic E-state index is 12.1. The van der Waals surface area contributed by atoms with Crippen LogP contribution < -0.4 is 0 Å². The molecule has 1 unspecified atom stereocenters. The van der Waals surface area contributed by atoms with E-state index in [4.69, 9.17) is 4.74 Å². The van der Waals surface area contributed by atoms with Crippen LogP contribution in [0.15, 0.2) is 0 Å². The summed E-state index contributed by atoms with van der Waals surface area (Å²) in [5.41, 5.74) is 0. The molecule has 0 bridgehead atoms. The number of unbranched alkanes of at least 4 members (excludes halogenated alkanes) is 13. The minimum atomic E-state index is -0.0109. The first-order chi connectivity index (χ1) is 15.2. The number of ether oxygens (including phenoxy) is 1. The van der Waals surface area contributed by atoms with Crippen molar-refractivity contribution in [1.29, 1.82) is 0 Å². The summed E-state index contributed by atoms with van der Waals surface area (Å²) in [6.45, 7) is 10.4. The van der Waals surface area contributed by atoms with Crippen molar-refractivity contribution in [3.8, 4) is 0 Å². The Bertz CT molecular complexity index is 375. The van der Waals surface area contributed by atoms with Crippen LogP contribution in [0, 0.1) is 5.92 Å². The fraction of sp³-hybridized carbons (Fsp3) is 0.963. The van der Waals surface area contributed by atoms with Gasteiger partial charge in [-0.25, -0.2) is 0 Å². The van der Waals surface area contributed by atoms with E-state index in [2.05, 4.69) is 18.7 Å². The van der Waals surface area contributed by atoms with Gasteiger partial charge in [-0.15, -0.1) is 0 Å². The monoisotopic (exact) mass is 441 g/mol. The van der Waals surface area contributed by atoms with Gasteiger partial charge in [-0.3, -0.25) is 4.79 Å². The zero-order valence-electron chi connectivity index (χ0n) is 21.3. The Hall–Kier alpha value is -0.610. The van der Waals surface area contributed by atoms with Gasteiger partial charge in [0.2, 0.25) is 0 Å². The molecule has 0 aromatic rings. The lowest BCUT2D eigenvalue weighted by Gasteiger charge is -2.21. The molecule has 0 radical (unpaired) electrons. The summed E-state index contributed by atoms with van der Waals surface area (Å²) in [6.07, 6.45) is 20.9. The van der Waals surface area contributed by atoms with Crippen LogP contribution in [0.1, 0.15) is 130 Å². The number of esters is 1. The maximum absolute atomic E-state index is 12.1. The van der Waals surface area contributed by atoms with E-state index in [-0.39, 0.29) is 18.5 Å². The summed E-state index contributed by atoms with van der Waals surface area (Å²) in [5, 5.41) is 9.28. The van der Waals surface area contributed by atoms with Crippen molar-refractivity contribution >= 4 is 5.97 Å². The molecular weight excluding hydrogens is 386 g/mol. The first kappa shape index (κ1) is 30.4. The van der Waals surface area contributed by atoms with E-state index in [1.165, 1.54) is 89.9 Å². The molecule has 0 saturated heterocycles. The highest BCUT2D eigenvalue weighted by Crippen LogP contribution is 2.14. The van der Waals surface area contributed by atoms with Crippen LogP contribution in [-0.2, 0) is 9.53 Å². The van der Waals surface area contributed by atoms with Crippen molar-refractivity contribution in [2.75, 3.05) is 32.8 Å². The van der Waals surface area contributed by atoms with Crippen molar-refractivity contribution < 1.29 is 14.6 Å². The first-order valence-electron chi connectivity index (χ1n) is 13.7. The van der Waals surface area contributed by atoms with E-state index in [0.717, 1.165) is 38.9 Å². The van der Waals surface area contributed by atoms with E-state index in [1.807, 2.05) is 6.92 Å². The first-order valence-corrected chi connectivity index (χ1v) is 13.7. The third-order valence-corrected chi connectivity index (χ3v) is 6.25. The van der Waals surface area contributed by atoms with Gasteiger partial charge in [-0.05, 0) is 38.8 Å². The minimum absolute atomic E-state index is 0.0109. The second-order valence-corrected chi connectivity index (χ2v) is 9.37. The molecule has 0 heterocycles. The van der Waals surface area contributed by atoms with Gasteiger partial charge in [0, 0.05) is 6.54 Å². The summed E-state index contributed by atoms with van der Waals surface area (Å²) >= 11 is 0. The van der Waals surface area contributed by atoms with Crippen LogP contribution in [0.5, 0.6) is 0 Å². The zero-order chi connectivity index (χ0) is 23.0. The Morgan fingerprint density at radius 3 is 1.74 bits per heavy atom. The van der Waals surface area contributed by atoms with Gasteiger partial charge in [-0.2, -0.15) is 0 Å². The molecule has 186 valence electrons. The van der Waals surface area contributed by atoms with Gasteiger partial charge >= 0.3 is 5.97 Å². The quantitative estimate of drug-likeness (QED) is 0.128. The molecule has 1 N–H and O–H groups in total. The van der Waals surface area contributed by atoms with Gasteiger partial charge in [0.1, 0.15) is 0 Å². The molecule has 0 aliphatic heterocycles. The molecule has 31 heavy (non-hydrogen) atoms. The number of rotatable bonds is 24. The van der Waals surface area contributed by atoms with Crippen molar-refractivity contribution in [3.05, 3.63) is 0 Å². The maximum Gasteiger partial charge on any atom is 0.308 e. The number of nitrogens with zero attached hydrogens (tertiary/aromatic N) is 1. The molecule has 0 fully saturated rings. The fourth-order valence-corrected chi connectivity index (χ4v) is 4.05. The molecule has 0 aromatic carbocycles. The van der Waals surface area contributed by atoms with Gasteiger partial charge in [0.25, 0.3) is 0 Å². The van der Waals surface area contributed by atoms with Crippen LogP contribution in [0.3, 0.4) is 0 Å². The summed E-state index contributed by atoms with van der Waals surface area (Å²) < 4.78 is 5.46. The molecule has 0 aliphatic carbocycles. The normalized spacial score (nSPS) is 12.4. The van der Waals surface area contributed by atoms with Gasteiger partial charge in [0.15, 0.2) is 0 Å². The van der Waals surface area contributed by atoms with E-state index < -0.39 is 0 Å². The average Bonchev–Trinajstić information content (AvgIpc) is 2.77. The second-order valence-electron chi connectivity index (χ2n) is 9.37. The lowest BCUT2D eigenvalue weighted by Crippen LogP contribution is -2.29. The van der Waals surface area contributed by atoms with Crippen molar-refractivity contribution in [2.45, 2.75) is 130 Å². The minimum Gasteiger partial charge on any atom is -0.465 e. The molecule has 0 rings (SSSR count).